The molecule has 4 aromatic carbocycles. The van der Waals surface area contributed by atoms with Crippen molar-refractivity contribution in [3.05, 3.63) is 115 Å². The van der Waals surface area contributed by atoms with E-state index in [4.69, 9.17) is 14.3 Å². The zero-order valence-corrected chi connectivity index (χ0v) is 25.1. The van der Waals surface area contributed by atoms with Crippen molar-refractivity contribution in [2.75, 3.05) is 6.61 Å². The average molecular weight is 610 g/mol. The summed E-state index contributed by atoms with van der Waals surface area (Å²) in [5.74, 6) is -0.514. The van der Waals surface area contributed by atoms with Crippen LogP contribution in [0.1, 0.15) is 17.4 Å². The van der Waals surface area contributed by atoms with Crippen LogP contribution < -0.4 is 0 Å². The Labute approximate surface area is 260 Å². The molecule has 8 rings (SSSR count). The molecule has 0 bridgehead atoms. The molecule has 4 aromatic heterocycles. The van der Waals surface area contributed by atoms with E-state index in [1.165, 1.54) is 16.2 Å². The van der Waals surface area contributed by atoms with E-state index in [9.17, 15) is 4.79 Å². The second kappa shape index (κ2) is 10.8. The Bertz CT molecular complexity index is 2340. The van der Waals surface area contributed by atoms with Crippen molar-refractivity contribution in [1.29, 1.82) is 0 Å². The zero-order valence-electron chi connectivity index (χ0n) is 23.5. The molecule has 0 amide bonds. The van der Waals surface area contributed by atoms with E-state index in [1.54, 1.807) is 29.6 Å². The Hall–Kier alpha value is -5.18. The van der Waals surface area contributed by atoms with Gasteiger partial charge in [0.05, 0.1) is 17.0 Å². The van der Waals surface area contributed by atoms with Crippen LogP contribution in [0.3, 0.4) is 0 Å². The summed E-state index contributed by atoms with van der Waals surface area (Å²) in [5.41, 5.74) is 4.52. The Balaban J connectivity index is 1.28. The van der Waals surface area contributed by atoms with Gasteiger partial charge in [-0.15, -0.1) is 22.7 Å². The lowest BCUT2D eigenvalue weighted by molar-refractivity contribution is 0.0521. The molecular weight excluding hydrogens is 587 g/mol. The van der Waals surface area contributed by atoms with Crippen LogP contribution in [-0.2, 0) is 4.74 Å². The van der Waals surface area contributed by atoms with Gasteiger partial charge in [-0.2, -0.15) is 0 Å². The number of rotatable bonds is 6. The minimum atomic E-state index is -0.514. The fourth-order valence-corrected chi connectivity index (χ4v) is 7.83. The van der Waals surface area contributed by atoms with E-state index >= 15 is 0 Å². The molecule has 4 heterocycles. The van der Waals surface area contributed by atoms with Crippen LogP contribution in [0.2, 0.25) is 0 Å². The monoisotopic (exact) mass is 609 g/mol. The number of hydrogen-bond acceptors (Lipinski definition) is 8. The third-order valence-corrected chi connectivity index (χ3v) is 9.94. The van der Waals surface area contributed by atoms with Crippen LogP contribution in [0.5, 0.6) is 0 Å². The van der Waals surface area contributed by atoms with E-state index in [1.807, 2.05) is 36.4 Å². The largest absolute Gasteiger partial charge is 0.461 e. The Morgan fingerprint density at radius 1 is 0.659 bits per heavy atom. The highest BCUT2D eigenvalue weighted by atomic mass is 32.1. The lowest BCUT2D eigenvalue weighted by Gasteiger charge is -2.09. The fourth-order valence-electron chi connectivity index (χ4n) is 5.70. The van der Waals surface area contributed by atoms with Crippen LogP contribution in [-0.4, -0.2) is 27.9 Å². The normalized spacial score (nSPS) is 11.5. The molecule has 0 saturated heterocycles. The number of aromatic nitrogens is 3. The summed E-state index contributed by atoms with van der Waals surface area (Å²) in [6, 6.07) is 37.4. The zero-order chi connectivity index (χ0) is 29.6. The van der Waals surface area contributed by atoms with Gasteiger partial charge in [0.2, 0.25) is 0 Å². The van der Waals surface area contributed by atoms with Gasteiger partial charge in [-0.3, -0.25) is 0 Å². The smallest absolute Gasteiger partial charge is 0.357 e. The molecule has 0 aliphatic carbocycles. The SMILES string of the molecule is CCOC(=O)c1nc(-c2ccc(-c3cccc4ccccc34)s2)c2nonc2c1-c1ccc(-c2cccc3ccccc23)s1. The van der Waals surface area contributed by atoms with Gasteiger partial charge in [-0.1, -0.05) is 84.9 Å². The summed E-state index contributed by atoms with van der Waals surface area (Å²) in [6.07, 6.45) is 0. The lowest BCUT2D eigenvalue weighted by atomic mass is 10.0. The Kier molecular flexibility index (Phi) is 6.51. The van der Waals surface area contributed by atoms with Gasteiger partial charge < -0.3 is 4.74 Å². The lowest BCUT2D eigenvalue weighted by Crippen LogP contribution is -2.10. The molecule has 0 aliphatic heterocycles. The Morgan fingerprint density at radius 2 is 1.20 bits per heavy atom. The third-order valence-electron chi connectivity index (χ3n) is 7.68. The predicted molar refractivity (Wildman–Crippen MR) is 178 cm³/mol. The molecule has 0 atom stereocenters. The number of pyridine rings is 1. The number of fused-ring (bicyclic) bond motifs is 3. The van der Waals surface area contributed by atoms with Gasteiger partial charge in [0.1, 0.15) is 11.2 Å². The second-order valence-electron chi connectivity index (χ2n) is 10.2. The number of carbonyl (C=O) groups excluding carboxylic acids is 1. The molecule has 0 radical (unpaired) electrons. The molecule has 0 fully saturated rings. The van der Waals surface area contributed by atoms with Gasteiger partial charge in [0, 0.05) is 14.6 Å². The van der Waals surface area contributed by atoms with Gasteiger partial charge in [0.25, 0.3) is 0 Å². The maximum Gasteiger partial charge on any atom is 0.357 e. The molecular formula is C36H23N3O3S2. The van der Waals surface area contributed by atoms with Crippen molar-refractivity contribution in [1.82, 2.24) is 15.3 Å². The summed E-state index contributed by atoms with van der Waals surface area (Å²) in [6.45, 7) is 2.01. The van der Waals surface area contributed by atoms with Crippen molar-refractivity contribution in [2.24, 2.45) is 0 Å². The molecule has 8 heteroatoms. The minimum absolute atomic E-state index is 0.191. The maximum absolute atomic E-state index is 13.5. The van der Waals surface area contributed by atoms with Gasteiger partial charge in [-0.25, -0.2) is 14.4 Å². The number of benzene rings is 4. The first-order valence-corrected chi connectivity index (χ1v) is 15.8. The average Bonchev–Trinajstić information content (AvgIpc) is 3.85. The summed E-state index contributed by atoms with van der Waals surface area (Å²) < 4.78 is 10.8. The van der Waals surface area contributed by atoms with Crippen LogP contribution in [0.4, 0.5) is 0 Å². The molecule has 0 N–H and O–H groups in total. The highest BCUT2D eigenvalue weighted by Crippen LogP contribution is 2.44. The van der Waals surface area contributed by atoms with Crippen molar-refractivity contribution >= 4 is 61.2 Å². The van der Waals surface area contributed by atoms with Crippen LogP contribution in [0.15, 0.2) is 114 Å². The standard InChI is InChI=1S/C36H23N3O3S2/c1-2-41-36(40)34-31(29-19-17-27(43-29)25-15-7-11-21-9-3-5-13-23(21)25)33-35(39-42-38-33)32(37-34)30-20-18-28(44-30)26-16-8-12-22-10-4-6-14-24(22)26/h3-20H,2H2,1H3. The van der Waals surface area contributed by atoms with Crippen LogP contribution in [0.25, 0.3) is 74.5 Å². The number of ether oxygens (including phenoxy) is 1. The van der Waals surface area contributed by atoms with Crippen molar-refractivity contribution < 1.29 is 14.2 Å². The van der Waals surface area contributed by atoms with E-state index < -0.39 is 5.97 Å². The number of esters is 1. The molecule has 212 valence electrons. The predicted octanol–water partition coefficient (Wildman–Crippen LogP) is 9.89. The number of thiophene rings is 2. The fraction of sp³-hybridized carbons (Fsp3) is 0.0556. The van der Waals surface area contributed by atoms with E-state index in [0.717, 1.165) is 36.0 Å². The first kappa shape index (κ1) is 26.4. The maximum atomic E-state index is 13.5. The molecule has 8 aromatic rings. The minimum Gasteiger partial charge on any atom is -0.461 e. The van der Waals surface area contributed by atoms with Crippen molar-refractivity contribution in [3.8, 4) is 41.9 Å². The molecule has 0 unspecified atom stereocenters. The topological polar surface area (TPSA) is 78.1 Å². The quantitative estimate of drug-likeness (QED) is 0.175. The summed E-state index contributed by atoms with van der Waals surface area (Å²) in [7, 11) is 0. The van der Waals surface area contributed by atoms with Crippen molar-refractivity contribution in [3.63, 3.8) is 0 Å². The molecule has 44 heavy (non-hydrogen) atoms. The van der Waals surface area contributed by atoms with Gasteiger partial charge >= 0.3 is 5.97 Å². The highest BCUT2D eigenvalue weighted by Gasteiger charge is 2.27. The summed E-state index contributed by atoms with van der Waals surface area (Å²) in [4.78, 5) is 22.2. The van der Waals surface area contributed by atoms with E-state index in [-0.39, 0.29) is 12.3 Å². The molecule has 6 nitrogen and oxygen atoms in total. The second-order valence-corrected chi connectivity index (χ2v) is 12.4. The number of carbonyl (C=O) groups is 1. The molecule has 0 spiro atoms. The van der Waals surface area contributed by atoms with Crippen LogP contribution >= 0.6 is 22.7 Å². The van der Waals surface area contributed by atoms with Crippen LogP contribution in [0, 0.1) is 0 Å². The van der Waals surface area contributed by atoms with E-state index in [0.29, 0.717) is 22.3 Å². The Morgan fingerprint density at radius 3 is 1.86 bits per heavy atom. The van der Waals surface area contributed by atoms with Gasteiger partial charge in [0.15, 0.2) is 11.2 Å². The summed E-state index contributed by atoms with van der Waals surface area (Å²) >= 11 is 3.16. The number of hydrogen-bond donors (Lipinski definition) is 0. The first-order chi connectivity index (χ1) is 21.7. The third kappa shape index (κ3) is 4.38. The number of nitrogens with zero attached hydrogens (tertiary/aromatic N) is 3. The summed E-state index contributed by atoms with van der Waals surface area (Å²) in [5, 5.41) is 13.3. The first-order valence-electron chi connectivity index (χ1n) is 14.2. The highest BCUT2D eigenvalue weighted by molar-refractivity contribution is 7.19. The molecule has 0 aliphatic rings. The van der Waals surface area contributed by atoms with Crippen molar-refractivity contribution in [2.45, 2.75) is 6.92 Å². The van der Waals surface area contributed by atoms with Gasteiger partial charge in [-0.05, 0) is 74.2 Å². The molecule has 0 saturated carbocycles. The van der Waals surface area contributed by atoms with E-state index in [2.05, 4.69) is 83.1 Å².